The van der Waals surface area contributed by atoms with Gasteiger partial charge in [0.25, 0.3) is 0 Å². The molecule has 1 aromatic carbocycles. The summed E-state index contributed by atoms with van der Waals surface area (Å²) >= 11 is 0. The van der Waals surface area contributed by atoms with Gasteiger partial charge < -0.3 is 14.6 Å². The number of halogens is 1. The minimum absolute atomic E-state index is 0.0783. The second-order valence-electron chi connectivity index (χ2n) is 5.26. The standard InChI is InChI=1S/C18H17FN2O3/c1-23-18-7-3-13(10-20-18)17-5-2-12-8-15(4-6-16(12)21-17)24-11-14(22)9-19/h2-8,10,14,22H,9,11H2,1H3/t14-/m1/s1. The highest BCUT2D eigenvalue weighted by Gasteiger charge is 2.06. The number of ether oxygens (including phenoxy) is 2. The quantitative estimate of drug-likeness (QED) is 0.753. The molecule has 24 heavy (non-hydrogen) atoms. The second-order valence-corrected chi connectivity index (χ2v) is 5.26. The van der Waals surface area contributed by atoms with Crippen LogP contribution in [0.1, 0.15) is 0 Å². The average Bonchev–Trinajstić information content (AvgIpc) is 2.65. The first-order valence-corrected chi connectivity index (χ1v) is 7.47. The minimum atomic E-state index is -1.11. The third kappa shape index (κ3) is 3.60. The van der Waals surface area contributed by atoms with Crippen LogP contribution in [-0.4, -0.2) is 41.6 Å². The van der Waals surface area contributed by atoms with Gasteiger partial charge in [0, 0.05) is 23.2 Å². The number of rotatable bonds is 6. The number of aliphatic hydroxyl groups is 1. The molecule has 0 unspecified atom stereocenters. The van der Waals surface area contributed by atoms with Crippen molar-refractivity contribution in [1.29, 1.82) is 0 Å². The first kappa shape index (κ1) is 16.1. The molecular formula is C18H17FN2O3. The SMILES string of the molecule is COc1ccc(-c2ccc3cc(OC[C@H](O)CF)ccc3n2)cn1. The van der Waals surface area contributed by atoms with Gasteiger partial charge in [-0.05, 0) is 30.3 Å². The third-order valence-electron chi connectivity index (χ3n) is 3.52. The lowest BCUT2D eigenvalue weighted by Crippen LogP contribution is -2.19. The molecular weight excluding hydrogens is 311 g/mol. The largest absolute Gasteiger partial charge is 0.491 e. The molecule has 5 nitrogen and oxygen atoms in total. The van der Waals surface area contributed by atoms with Gasteiger partial charge in [-0.25, -0.2) is 14.4 Å². The molecule has 2 heterocycles. The van der Waals surface area contributed by atoms with Crippen molar-refractivity contribution >= 4 is 10.9 Å². The van der Waals surface area contributed by atoms with Gasteiger partial charge in [0.05, 0.1) is 18.3 Å². The molecule has 0 aliphatic heterocycles. The van der Waals surface area contributed by atoms with Crippen LogP contribution in [0.2, 0.25) is 0 Å². The molecule has 0 amide bonds. The number of hydrogen-bond donors (Lipinski definition) is 1. The van der Waals surface area contributed by atoms with E-state index in [0.29, 0.717) is 11.6 Å². The highest BCUT2D eigenvalue weighted by Crippen LogP contribution is 2.24. The van der Waals surface area contributed by atoms with Crippen LogP contribution >= 0.6 is 0 Å². The van der Waals surface area contributed by atoms with Gasteiger partial charge >= 0.3 is 0 Å². The van der Waals surface area contributed by atoms with Crippen LogP contribution in [-0.2, 0) is 0 Å². The molecule has 3 aromatic rings. The highest BCUT2D eigenvalue weighted by atomic mass is 19.1. The number of alkyl halides is 1. The van der Waals surface area contributed by atoms with E-state index in [2.05, 4.69) is 9.97 Å². The third-order valence-corrected chi connectivity index (χ3v) is 3.52. The van der Waals surface area contributed by atoms with Crippen molar-refractivity contribution in [3.8, 4) is 22.9 Å². The van der Waals surface area contributed by atoms with E-state index in [-0.39, 0.29) is 6.61 Å². The van der Waals surface area contributed by atoms with E-state index in [1.165, 1.54) is 0 Å². The van der Waals surface area contributed by atoms with E-state index >= 15 is 0 Å². The number of nitrogens with zero attached hydrogens (tertiary/aromatic N) is 2. The van der Waals surface area contributed by atoms with Crippen LogP contribution < -0.4 is 9.47 Å². The summed E-state index contributed by atoms with van der Waals surface area (Å²) in [7, 11) is 1.57. The van der Waals surface area contributed by atoms with Crippen LogP contribution in [0, 0.1) is 0 Å². The first-order valence-electron chi connectivity index (χ1n) is 7.47. The summed E-state index contributed by atoms with van der Waals surface area (Å²) in [5.41, 5.74) is 2.50. The fourth-order valence-corrected chi connectivity index (χ4v) is 2.24. The lowest BCUT2D eigenvalue weighted by atomic mass is 10.1. The molecule has 124 valence electrons. The highest BCUT2D eigenvalue weighted by molar-refractivity contribution is 5.82. The van der Waals surface area contributed by atoms with E-state index < -0.39 is 12.8 Å². The summed E-state index contributed by atoms with van der Waals surface area (Å²) in [6, 6.07) is 12.9. The van der Waals surface area contributed by atoms with Crippen molar-refractivity contribution < 1.29 is 19.0 Å². The van der Waals surface area contributed by atoms with E-state index in [9.17, 15) is 9.50 Å². The van der Waals surface area contributed by atoms with E-state index in [4.69, 9.17) is 9.47 Å². The summed E-state index contributed by atoms with van der Waals surface area (Å²) in [5, 5.41) is 10.1. The summed E-state index contributed by atoms with van der Waals surface area (Å²) in [6.07, 6.45) is 0.604. The lowest BCUT2D eigenvalue weighted by molar-refractivity contribution is 0.0842. The average molecular weight is 328 g/mol. The molecule has 0 fully saturated rings. The maximum atomic E-state index is 12.2. The summed E-state index contributed by atoms with van der Waals surface area (Å²) in [4.78, 5) is 8.79. The Morgan fingerprint density at radius 3 is 2.75 bits per heavy atom. The molecule has 2 aromatic heterocycles. The van der Waals surface area contributed by atoms with Crippen LogP contribution in [0.5, 0.6) is 11.6 Å². The summed E-state index contributed by atoms with van der Waals surface area (Å²) in [5.74, 6) is 1.12. The fraction of sp³-hybridized carbons (Fsp3) is 0.222. The molecule has 1 atom stereocenters. The molecule has 0 aliphatic rings. The Labute approximate surface area is 138 Å². The normalized spacial score (nSPS) is 12.1. The number of aliphatic hydroxyl groups excluding tert-OH is 1. The number of aromatic nitrogens is 2. The van der Waals surface area contributed by atoms with E-state index in [1.54, 1.807) is 25.4 Å². The predicted octanol–water partition coefficient (Wildman–Crippen LogP) is 3.01. The Bertz CT molecular complexity index is 824. The molecule has 0 spiro atoms. The van der Waals surface area contributed by atoms with Gasteiger partial charge in [-0.15, -0.1) is 0 Å². The number of methoxy groups -OCH3 is 1. The number of benzene rings is 1. The van der Waals surface area contributed by atoms with Crippen molar-refractivity contribution in [3.05, 3.63) is 48.7 Å². The zero-order valence-corrected chi connectivity index (χ0v) is 13.1. The number of hydrogen-bond acceptors (Lipinski definition) is 5. The zero-order chi connectivity index (χ0) is 16.9. The molecule has 0 bridgehead atoms. The van der Waals surface area contributed by atoms with E-state index in [0.717, 1.165) is 22.2 Å². The Kier molecular flexibility index (Phi) is 4.86. The van der Waals surface area contributed by atoms with Gasteiger partial charge in [-0.1, -0.05) is 6.07 Å². The van der Waals surface area contributed by atoms with Gasteiger partial charge in [0.15, 0.2) is 0 Å². The Morgan fingerprint density at radius 2 is 2.04 bits per heavy atom. The van der Waals surface area contributed by atoms with Crippen LogP contribution in [0.25, 0.3) is 22.2 Å². The maximum absolute atomic E-state index is 12.2. The van der Waals surface area contributed by atoms with Crippen molar-refractivity contribution in [2.75, 3.05) is 20.4 Å². The number of pyridine rings is 2. The van der Waals surface area contributed by atoms with Crippen molar-refractivity contribution in [1.82, 2.24) is 9.97 Å². The van der Waals surface area contributed by atoms with E-state index in [1.807, 2.05) is 30.3 Å². The smallest absolute Gasteiger partial charge is 0.212 e. The monoisotopic (exact) mass is 328 g/mol. The van der Waals surface area contributed by atoms with Crippen LogP contribution in [0.3, 0.4) is 0 Å². The van der Waals surface area contributed by atoms with Gasteiger partial charge in [0.1, 0.15) is 25.1 Å². The maximum Gasteiger partial charge on any atom is 0.212 e. The van der Waals surface area contributed by atoms with Crippen molar-refractivity contribution in [3.63, 3.8) is 0 Å². The van der Waals surface area contributed by atoms with Gasteiger partial charge in [-0.3, -0.25) is 0 Å². The molecule has 1 N–H and O–H groups in total. The van der Waals surface area contributed by atoms with Crippen LogP contribution in [0.15, 0.2) is 48.7 Å². The Hall–Kier alpha value is -2.73. The molecule has 0 radical (unpaired) electrons. The second kappa shape index (κ2) is 7.23. The molecule has 3 rings (SSSR count). The Balaban J connectivity index is 1.83. The summed E-state index contributed by atoms with van der Waals surface area (Å²) in [6.45, 7) is -0.903. The Morgan fingerprint density at radius 1 is 1.17 bits per heavy atom. The molecule has 0 aliphatic carbocycles. The van der Waals surface area contributed by atoms with Crippen molar-refractivity contribution in [2.45, 2.75) is 6.10 Å². The van der Waals surface area contributed by atoms with Crippen molar-refractivity contribution in [2.24, 2.45) is 0 Å². The fourth-order valence-electron chi connectivity index (χ4n) is 2.24. The van der Waals surface area contributed by atoms with Gasteiger partial charge in [0.2, 0.25) is 5.88 Å². The van der Waals surface area contributed by atoms with Crippen LogP contribution in [0.4, 0.5) is 4.39 Å². The lowest BCUT2D eigenvalue weighted by Gasteiger charge is -2.10. The minimum Gasteiger partial charge on any atom is -0.491 e. The van der Waals surface area contributed by atoms with Gasteiger partial charge in [-0.2, -0.15) is 0 Å². The predicted molar refractivity (Wildman–Crippen MR) is 89.0 cm³/mol. The first-order chi connectivity index (χ1) is 11.7. The zero-order valence-electron chi connectivity index (χ0n) is 13.1. The molecule has 0 saturated carbocycles. The topological polar surface area (TPSA) is 64.5 Å². The summed E-state index contributed by atoms with van der Waals surface area (Å²) < 4.78 is 22.7. The molecule has 6 heteroatoms. The number of fused-ring (bicyclic) bond motifs is 1. The molecule has 0 saturated heterocycles.